The fourth-order valence-corrected chi connectivity index (χ4v) is 4.29. The molecule has 0 fully saturated rings. The van der Waals surface area contributed by atoms with Crippen LogP contribution in [0.4, 0.5) is 10.1 Å². The van der Waals surface area contributed by atoms with E-state index < -0.39 is 29.8 Å². The van der Waals surface area contributed by atoms with E-state index in [0.29, 0.717) is 17.5 Å². The molecule has 1 N–H and O–H groups in total. The van der Waals surface area contributed by atoms with Gasteiger partial charge in [-0.05, 0) is 43.3 Å². The summed E-state index contributed by atoms with van der Waals surface area (Å²) in [5, 5.41) is 11.5. The molecular weight excluding hydrogens is 539 g/mol. The average Bonchev–Trinajstić information content (AvgIpc) is 3.30. The van der Waals surface area contributed by atoms with Gasteiger partial charge in [0.2, 0.25) is 5.91 Å². The van der Waals surface area contributed by atoms with Gasteiger partial charge in [-0.2, -0.15) is 0 Å². The van der Waals surface area contributed by atoms with Gasteiger partial charge in [-0.1, -0.05) is 29.4 Å². The van der Waals surface area contributed by atoms with Crippen LogP contribution in [0.15, 0.2) is 54.2 Å². The number of allylic oxidation sites excluding steroid dienone is 1. The smallest absolute Gasteiger partial charge is 0.337 e. The fraction of sp³-hybridized carbons (Fsp3) is 0.240. The molecule has 0 saturated carbocycles. The number of amides is 1. The van der Waals surface area contributed by atoms with Gasteiger partial charge in [0.25, 0.3) is 0 Å². The molecule has 1 aromatic heterocycles. The largest absolute Gasteiger partial charge is 0.481 e. The Morgan fingerprint density at radius 1 is 1.13 bits per heavy atom. The molecule has 38 heavy (non-hydrogen) atoms. The standard InChI is InChI=1S/C25H24ClFN4O6S/c1-5-8-31-22(14(2)37-20-7-6-17(27)12-19(20)26)29-30-25(31)38-13-21(32)28-18-10-15(23(33)35-3)9-16(11-18)24(34)36-4/h5-7,9-12,14H,1,8,13H2,2-4H3,(H,28,32). The van der Waals surface area contributed by atoms with Crippen molar-refractivity contribution in [2.75, 3.05) is 25.3 Å². The zero-order valence-electron chi connectivity index (χ0n) is 20.7. The van der Waals surface area contributed by atoms with Gasteiger partial charge in [0.15, 0.2) is 17.1 Å². The highest BCUT2D eigenvalue weighted by Gasteiger charge is 2.21. The van der Waals surface area contributed by atoms with E-state index in [2.05, 4.69) is 22.1 Å². The molecule has 0 spiro atoms. The molecule has 13 heteroatoms. The Morgan fingerprint density at radius 3 is 2.37 bits per heavy atom. The Labute approximate surface area is 227 Å². The van der Waals surface area contributed by atoms with Gasteiger partial charge in [-0.25, -0.2) is 14.0 Å². The van der Waals surface area contributed by atoms with Crippen LogP contribution in [0.1, 0.15) is 39.6 Å². The number of halogens is 2. The molecule has 3 aromatic rings. The maximum atomic E-state index is 13.4. The van der Waals surface area contributed by atoms with Crippen LogP contribution in [0.2, 0.25) is 5.02 Å². The molecule has 1 unspecified atom stereocenters. The molecule has 0 bridgehead atoms. The number of aromatic nitrogens is 3. The number of carbonyl (C=O) groups is 3. The van der Waals surface area contributed by atoms with E-state index in [1.165, 1.54) is 44.6 Å². The van der Waals surface area contributed by atoms with Crippen LogP contribution in [0, 0.1) is 5.82 Å². The van der Waals surface area contributed by atoms with Gasteiger partial charge in [-0.15, -0.1) is 16.8 Å². The van der Waals surface area contributed by atoms with Gasteiger partial charge in [0, 0.05) is 12.2 Å². The highest BCUT2D eigenvalue weighted by molar-refractivity contribution is 7.99. The number of carbonyl (C=O) groups excluding carboxylic acids is 3. The Kier molecular flexibility index (Phi) is 9.85. The first-order valence-corrected chi connectivity index (χ1v) is 12.4. The number of nitrogens with one attached hydrogen (secondary N) is 1. The molecule has 0 aliphatic rings. The van der Waals surface area contributed by atoms with Gasteiger partial charge >= 0.3 is 11.9 Å². The first-order valence-electron chi connectivity index (χ1n) is 11.1. The topological polar surface area (TPSA) is 122 Å². The summed E-state index contributed by atoms with van der Waals surface area (Å²) in [7, 11) is 2.41. The number of benzene rings is 2. The van der Waals surface area contributed by atoms with Crippen molar-refractivity contribution in [3.8, 4) is 5.75 Å². The number of nitrogens with zero attached hydrogens (tertiary/aromatic N) is 3. The van der Waals surface area contributed by atoms with Crippen molar-refractivity contribution in [3.05, 3.63) is 76.8 Å². The van der Waals surface area contributed by atoms with Gasteiger partial charge in [-0.3, -0.25) is 9.36 Å². The second-order valence-corrected chi connectivity index (χ2v) is 9.04. The van der Waals surface area contributed by atoms with Crippen LogP contribution in [0.5, 0.6) is 5.75 Å². The first-order chi connectivity index (χ1) is 18.2. The molecule has 1 heterocycles. The summed E-state index contributed by atoms with van der Waals surface area (Å²) >= 11 is 7.17. The second kappa shape index (κ2) is 13.1. The molecule has 0 saturated heterocycles. The molecule has 1 atom stereocenters. The van der Waals surface area contributed by atoms with Gasteiger partial charge < -0.3 is 19.5 Å². The van der Waals surface area contributed by atoms with Crippen LogP contribution < -0.4 is 10.1 Å². The van der Waals surface area contributed by atoms with Crippen molar-refractivity contribution in [2.24, 2.45) is 0 Å². The molecule has 2 aromatic carbocycles. The third-order valence-corrected chi connectivity index (χ3v) is 6.27. The monoisotopic (exact) mass is 562 g/mol. The average molecular weight is 563 g/mol. The highest BCUT2D eigenvalue weighted by Crippen LogP contribution is 2.30. The number of hydrogen-bond acceptors (Lipinski definition) is 9. The lowest BCUT2D eigenvalue weighted by Gasteiger charge is -2.16. The number of thioether (sulfide) groups is 1. The van der Waals surface area contributed by atoms with E-state index in [1.807, 2.05) is 0 Å². The summed E-state index contributed by atoms with van der Waals surface area (Å²) in [4.78, 5) is 36.6. The van der Waals surface area contributed by atoms with E-state index in [-0.39, 0.29) is 33.3 Å². The first kappa shape index (κ1) is 28.7. The molecule has 200 valence electrons. The highest BCUT2D eigenvalue weighted by atomic mass is 35.5. The Hall–Kier alpha value is -3.90. The van der Waals surface area contributed by atoms with Crippen LogP contribution in [0.25, 0.3) is 0 Å². The molecule has 10 nitrogen and oxygen atoms in total. The number of anilines is 1. The number of rotatable bonds is 11. The van der Waals surface area contributed by atoms with Crippen molar-refractivity contribution in [1.29, 1.82) is 0 Å². The van der Waals surface area contributed by atoms with Crippen molar-refractivity contribution < 1.29 is 33.0 Å². The minimum absolute atomic E-state index is 0.0652. The predicted octanol–water partition coefficient (Wildman–Crippen LogP) is 4.70. The summed E-state index contributed by atoms with van der Waals surface area (Å²) in [6, 6.07) is 7.88. The summed E-state index contributed by atoms with van der Waals surface area (Å²) in [6.45, 7) is 5.82. The molecule has 0 aliphatic carbocycles. The van der Waals surface area contributed by atoms with E-state index >= 15 is 0 Å². The van der Waals surface area contributed by atoms with Crippen LogP contribution in [-0.4, -0.2) is 52.6 Å². The summed E-state index contributed by atoms with van der Waals surface area (Å²) < 4.78 is 30.3. The molecule has 1 amide bonds. The summed E-state index contributed by atoms with van der Waals surface area (Å²) in [6.07, 6.45) is 1.03. The Balaban J connectivity index is 1.73. The van der Waals surface area contributed by atoms with Gasteiger partial charge in [0.1, 0.15) is 11.6 Å². The minimum Gasteiger partial charge on any atom is -0.481 e. The normalized spacial score (nSPS) is 11.4. The Morgan fingerprint density at radius 2 is 1.79 bits per heavy atom. The van der Waals surface area contributed by atoms with Gasteiger partial charge in [0.05, 0.1) is 36.1 Å². The maximum absolute atomic E-state index is 13.4. The zero-order chi connectivity index (χ0) is 27.8. The number of esters is 2. The maximum Gasteiger partial charge on any atom is 0.337 e. The quantitative estimate of drug-likeness (QED) is 0.201. The van der Waals surface area contributed by atoms with E-state index in [4.69, 9.17) is 25.8 Å². The van der Waals surface area contributed by atoms with Crippen molar-refractivity contribution in [2.45, 2.75) is 24.7 Å². The molecule has 0 aliphatic heterocycles. The van der Waals surface area contributed by atoms with Crippen molar-refractivity contribution in [1.82, 2.24) is 14.8 Å². The van der Waals surface area contributed by atoms with Crippen molar-refractivity contribution >= 4 is 46.9 Å². The molecule has 0 radical (unpaired) electrons. The van der Waals surface area contributed by atoms with E-state index in [1.54, 1.807) is 17.6 Å². The van der Waals surface area contributed by atoms with E-state index in [0.717, 1.165) is 17.8 Å². The summed E-state index contributed by atoms with van der Waals surface area (Å²) in [5.41, 5.74) is 0.360. The second-order valence-electron chi connectivity index (χ2n) is 7.69. The molecular formula is C25H24ClFN4O6S. The number of ether oxygens (including phenoxy) is 3. The SMILES string of the molecule is C=CCn1c(SCC(=O)Nc2cc(C(=O)OC)cc(C(=O)OC)c2)nnc1C(C)Oc1ccc(F)cc1Cl. The number of hydrogen-bond donors (Lipinski definition) is 1. The number of methoxy groups -OCH3 is 2. The van der Waals surface area contributed by atoms with Crippen LogP contribution >= 0.6 is 23.4 Å². The lowest BCUT2D eigenvalue weighted by molar-refractivity contribution is -0.113. The lowest BCUT2D eigenvalue weighted by atomic mass is 10.1. The minimum atomic E-state index is -0.677. The third-order valence-electron chi connectivity index (χ3n) is 5.01. The van der Waals surface area contributed by atoms with E-state index in [9.17, 15) is 18.8 Å². The fourth-order valence-electron chi connectivity index (χ4n) is 3.32. The Bertz CT molecular complexity index is 1330. The van der Waals surface area contributed by atoms with Crippen LogP contribution in [-0.2, 0) is 20.8 Å². The molecule has 3 rings (SSSR count). The summed E-state index contributed by atoms with van der Waals surface area (Å²) in [5.74, 6) is -1.60. The van der Waals surface area contributed by atoms with Crippen molar-refractivity contribution in [3.63, 3.8) is 0 Å². The predicted molar refractivity (Wildman–Crippen MR) is 139 cm³/mol. The zero-order valence-corrected chi connectivity index (χ0v) is 22.3. The lowest BCUT2D eigenvalue weighted by Crippen LogP contribution is -2.17. The third kappa shape index (κ3) is 7.11. The van der Waals surface area contributed by atoms with Crippen LogP contribution in [0.3, 0.4) is 0 Å².